The zero-order valence-electron chi connectivity index (χ0n) is 10.9. The maximum Gasteiger partial charge on any atom is 0.317 e. The first-order valence-corrected chi connectivity index (χ1v) is 5.94. The Balaban J connectivity index is 3.68. The van der Waals surface area contributed by atoms with Crippen LogP contribution in [0.4, 0.5) is 4.79 Å². The lowest BCUT2D eigenvalue weighted by molar-refractivity contribution is -0.137. The van der Waals surface area contributed by atoms with E-state index in [4.69, 9.17) is 5.11 Å². The molecule has 0 saturated carbocycles. The molecule has 3 N–H and O–H groups in total. The van der Waals surface area contributed by atoms with Gasteiger partial charge < -0.3 is 20.6 Å². The number of urea groups is 1. The smallest absolute Gasteiger partial charge is 0.317 e. The van der Waals surface area contributed by atoms with Gasteiger partial charge in [0.25, 0.3) is 0 Å². The summed E-state index contributed by atoms with van der Waals surface area (Å²) >= 11 is 0. The van der Waals surface area contributed by atoms with Crippen molar-refractivity contribution >= 4 is 17.9 Å². The summed E-state index contributed by atoms with van der Waals surface area (Å²) in [7, 11) is 1.53. The number of aliphatic carboxylic acids is 1. The molecule has 0 unspecified atom stereocenters. The van der Waals surface area contributed by atoms with Gasteiger partial charge in [0.1, 0.15) is 6.54 Å². The highest BCUT2D eigenvalue weighted by molar-refractivity contribution is 5.83. The molecular formula is C11H21N3O4. The minimum atomic E-state index is -0.838. The van der Waals surface area contributed by atoms with E-state index in [9.17, 15) is 14.4 Å². The normalized spacial score (nSPS) is 9.67. The van der Waals surface area contributed by atoms with E-state index in [0.717, 1.165) is 0 Å². The summed E-state index contributed by atoms with van der Waals surface area (Å²) in [4.78, 5) is 34.2. The number of nitrogens with zero attached hydrogens (tertiary/aromatic N) is 1. The third kappa shape index (κ3) is 8.37. The number of carbonyl (C=O) groups excluding carboxylic acids is 2. The Hall–Kier alpha value is -1.79. The number of unbranched alkanes of at least 4 members (excludes halogenated alkanes) is 1. The topological polar surface area (TPSA) is 98.7 Å². The fourth-order valence-corrected chi connectivity index (χ4v) is 1.27. The fraction of sp³-hybridized carbons (Fsp3) is 0.727. The molecule has 0 fully saturated rings. The number of likely N-dealkylation sites (N-methyl/N-ethyl adjacent to an activating group) is 2. The molecule has 0 rings (SSSR count). The highest BCUT2D eigenvalue weighted by Crippen LogP contribution is 1.94. The van der Waals surface area contributed by atoms with Crippen molar-refractivity contribution in [2.75, 3.05) is 26.7 Å². The molecule has 0 aromatic carbocycles. The van der Waals surface area contributed by atoms with Crippen molar-refractivity contribution in [1.29, 1.82) is 0 Å². The van der Waals surface area contributed by atoms with Gasteiger partial charge in [-0.05, 0) is 19.8 Å². The predicted molar refractivity (Wildman–Crippen MR) is 66.2 cm³/mol. The van der Waals surface area contributed by atoms with Crippen LogP contribution in [-0.2, 0) is 9.59 Å². The molecule has 104 valence electrons. The highest BCUT2D eigenvalue weighted by atomic mass is 16.4. The molecule has 7 nitrogen and oxygen atoms in total. The van der Waals surface area contributed by atoms with E-state index in [1.54, 1.807) is 6.92 Å². The van der Waals surface area contributed by atoms with Crippen molar-refractivity contribution in [1.82, 2.24) is 15.5 Å². The van der Waals surface area contributed by atoms with Crippen molar-refractivity contribution in [2.45, 2.75) is 26.2 Å². The van der Waals surface area contributed by atoms with Gasteiger partial charge in [0.05, 0.1) is 0 Å². The van der Waals surface area contributed by atoms with Gasteiger partial charge >= 0.3 is 12.0 Å². The first kappa shape index (κ1) is 16.2. The number of carboxylic acids is 1. The second-order valence-electron chi connectivity index (χ2n) is 3.89. The molecule has 0 spiro atoms. The number of nitrogens with one attached hydrogen (secondary N) is 2. The van der Waals surface area contributed by atoms with Crippen LogP contribution < -0.4 is 10.6 Å². The van der Waals surface area contributed by atoms with Crippen LogP contribution in [0.3, 0.4) is 0 Å². The second kappa shape index (κ2) is 9.26. The molecule has 0 aliphatic heterocycles. The van der Waals surface area contributed by atoms with Crippen LogP contribution in [0.1, 0.15) is 26.2 Å². The molecule has 0 heterocycles. The quantitative estimate of drug-likeness (QED) is 0.535. The van der Waals surface area contributed by atoms with E-state index < -0.39 is 5.97 Å². The van der Waals surface area contributed by atoms with Gasteiger partial charge in [0.15, 0.2) is 0 Å². The van der Waals surface area contributed by atoms with Crippen molar-refractivity contribution in [3.05, 3.63) is 0 Å². The molecule has 0 radical (unpaired) electrons. The van der Waals surface area contributed by atoms with Crippen molar-refractivity contribution in [2.24, 2.45) is 0 Å². The van der Waals surface area contributed by atoms with Gasteiger partial charge in [0, 0.05) is 26.6 Å². The maximum atomic E-state index is 11.5. The van der Waals surface area contributed by atoms with Crippen molar-refractivity contribution in [3.8, 4) is 0 Å². The summed E-state index contributed by atoms with van der Waals surface area (Å²) in [5.41, 5.74) is 0. The average Bonchev–Trinajstić information content (AvgIpc) is 2.28. The Labute approximate surface area is 107 Å². The third-order valence-electron chi connectivity index (χ3n) is 2.20. The largest absolute Gasteiger partial charge is 0.481 e. The Morgan fingerprint density at radius 3 is 2.39 bits per heavy atom. The molecule has 0 atom stereocenters. The number of amides is 3. The van der Waals surface area contributed by atoms with Crippen LogP contribution in [0.2, 0.25) is 0 Å². The predicted octanol–water partition coefficient (Wildman–Crippen LogP) is 0.0188. The van der Waals surface area contributed by atoms with Crippen LogP contribution in [0.15, 0.2) is 0 Å². The zero-order chi connectivity index (χ0) is 14.0. The zero-order valence-corrected chi connectivity index (χ0v) is 10.9. The van der Waals surface area contributed by atoms with E-state index in [-0.39, 0.29) is 24.9 Å². The highest BCUT2D eigenvalue weighted by Gasteiger charge is 2.11. The monoisotopic (exact) mass is 259 g/mol. The van der Waals surface area contributed by atoms with E-state index in [1.165, 1.54) is 11.9 Å². The molecule has 0 aromatic rings. The van der Waals surface area contributed by atoms with Crippen LogP contribution in [0, 0.1) is 0 Å². The second-order valence-corrected chi connectivity index (χ2v) is 3.89. The summed E-state index contributed by atoms with van der Waals surface area (Å²) in [5, 5.41) is 13.6. The van der Waals surface area contributed by atoms with E-state index >= 15 is 0 Å². The van der Waals surface area contributed by atoms with Gasteiger partial charge in [-0.2, -0.15) is 0 Å². The molecule has 0 saturated heterocycles. The van der Waals surface area contributed by atoms with E-state index in [2.05, 4.69) is 10.6 Å². The lowest BCUT2D eigenvalue weighted by Gasteiger charge is -2.17. The van der Waals surface area contributed by atoms with Gasteiger partial charge in [0.2, 0.25) is 5.91 Å². The molecule has 0 aliphatic rings. The molecule has 0 aliphatic carbocycles. The Bertz CT molecular complexity index is 294. The summed E-state index contributed by atoms with van der Waals surface area (Å²) in [6.07, 6.45) is 1.23. The lowest BCUT2D eigenvalue weighted by atomic mass is 10.2. The number of hydrogen-bond donors (Lipinski definition) is 3. The van der Waals surface area contributed by atoms with Gasteiger partial charge in [-0.1, -0.05) is 0 Å². The molecule has 18 heavy (non-hydrogen) atoms. The maximum absolute atomic E-state index is 11.5. The Morgan fingerprint density at radius 1 is 1.17 bits per heavy atom. The lowest BCUT2D eigenvalue weighted by Crippen LogP contribution is -2.43. The Morgan fingerprint density at radius 2 is 1.83 bits per heavy atom. The van der Waals surface area contributed by atoms with Crippen molar-refractivity contribution in [3.63, 3.8) is 0 Å². The number of carboxylic acid groups (broad SMARTS) is 1. The average molecular weight is 259 g/mol. The van der Waals surface area contributed by atoms with Gasteiger partial charge in [-0.25, -0.2) is 4.79 Å². The first-order valence-electron chi connectivity index (χ1n) is 5.94. The minimum absolute atomic E-state index is 0.00873. The van der Waals surface area contributed by atoms with Gasteiger partial charge in [-0.3, -0.25) is 9.59 Å². The first-order chi connectivity index (χ1) is 8.47. The van der Waals surface area contributed by atoms with Crippen LogP contribution in [0.25, 0.3) is 0 Å². The number of hydrogen-bond acceptors (Lipinski definition) is 3. The van der Waals surface area contributed by atoms with E-state index in [1.807, 2.05) is 0 Å². The summed E-state index contributed by atoms with van der Waals surface area (Å²) < 4.78 is 0. The number of carbonyl (C=O) groups is 3. The molecule has 0 bridgehead atoms. The van der Waals surface area contributed by atoms with Gasteiger partial charge in [-0.15, -0.1) is 0 Å². The SMILES string of the molecule is CCNC(=O)CN(C)C(=O)NCCCCC(=O)O. The minimum Gasteiger partial charge on any atom is -0.481 e. The fourth-order valence-electron chi connectivity index (χ4n) is 1.27. The van der Waals surface area contributed by atoms with Crippen LogP contribution in [-0.4, -0.2) is 54.6 Å². The third-order valence-corrected chi connectivity index (χ3v) is 2.20. The molecule has 7 heteroatoms. The number of rotatable bonds is 8. The molecule has 0 aromatic heterocycles. The summed E-state index contributed by atoms with van der Waals surface area (Å²) in [6, 6.07) is -0.337. The summed E-state index contributed by atoms with van der Waals surface area (Å²) in [5.74, 6) is -1.05. The van der Waals surface area contributed by atoms with Crippen LogP contribution >= 0.6 is 0 Å². The standard InChI is InChI=1S/C11H21N3O4/c1-3-12-9(15)8-14(2)11(18)13-7-5-4-6-10(16)17/h3-8H2,1-2H3,(H,12,15)(H,13,18)(H,16,17). The van der Waals surface area contributed by atoms with E-state index in [0.29, 0.717) is 25.9 Å². The Kier molecular flexibility index (Phi) is 8.34. The van der Waals surface area contributed by atoms with Crippen molar-refractivity contribution < 1.29 is 19.5 Å². The van der Waals surface area contributed by atoms with Crippen LogP contribution in [0.5, 0.6) is 0 Å². The molecular weight excluding hydrogens is 238 g/mol. The molecule has 3 amide bonds. The summed E-state index contributed by atoms with van der Waals surface area (Å²) in [6.45, 7) is 2.75.